The molecule has 0 heterocycles. The van der Waals surface area contributed by atoms with Crippen molar-refractivity contribution in [2.45, 2.75) is 33.1 Å². The molecule has 4 nitrogen and oxygen atoms in total. The van der Waals surface area contributed by atoms with E-state index in [1.165, 1.54) is 6.20 Å². The lowest BCUT2D eigenvalue weighted by atomic mass is 9.86. The van der Waals surface area contributed by atoms with Crippen LogP contribution in [0.5, 0.6) is 0 Å². The lowest BCUT2D eigenvalue weighted by Gasteiger charge is -2.22. The van der Waals surface area contributed by atoms with Crippen LogP contribution in [0, 0.1) is 18.3 Å². The van der Waals surface area contributed by atoms with E-state index in [1.807, 2.05) is 61.5 Å². The zero-order valence-corrected chi connectivity index (χ0v) is 15.1. The molecule has 0 aliphatic carbocycles. The summed E-state index contributed by atoms with van der Waals surface area (Å²) in [6, 6.07) is 17.3. The Bertz CT molecular complexity index is 839. The van der Waals surface area contributed by atoms with Gasteiger partial charge in [0, 0.05) is 17.6 Å². The molecule has 0 aliphatic heterocycles. The third-order valence-electron chi connectivity index (χ3n) is 3.87. The van der Waals surface area contributed by atoms with Crippen LogP contribution in [0.1, 0.15) is 31.9 Å². The molecular formula is C21H23N3O. The van der Waals surface area contributed by atoms with E-state index in [4.69, 9.17) is 0 Å². The molecule has 0 aromatic heterocycles. The predicted molar refractivity (Wildman–Crippen MR) is 102 cm³/mol. The van der Waals surface area contributed by atoms with Crippen molar-refractivity contribution in [1.82, 2.24) is 0 Å². The monoisotopic (exact) mass is 333 g/mol. The molecule has 0 aliphatic rings. The van der Waals surface area contributed by atoms with Gasteiger partial charge in [0.15, 0.2) is 0 Å². The molecule has 0 bridgehead atoms. The zero-order valence-electron chi connectivity index (χ0n) is 15.1. The van der Waals surface area contributed by atoms with Gasteiger partial charge >= 0.3 is 0 Å². The first-order valence-electron chi connectivity index (χ1n) is 8.16. The molecule has 0 atom stereocenters. The fraction of sp³-hybridized carbons (Fsp3) is 0.238. The van der Waals surface area contributed by atoms with Gasteiger partial charge in [-0.3, -0.25) is 4.79 Å². The number of nitrogens with zero attached hydrogens (tertiary/aromatic N) is 1. The third kappa shape index (κ3) is 4.71. The molecule has 2 aromatic rings. The van der Waals surface area contributed by atoms with Crippen LogP contribution in [0.15, 0.2) is 60.3 Å². The van der Waals surface area contributed by atoms with Crippen molar-refractivity contribution in [2.24, 2.45) is 0 Å². The van der Waals surface area contributed by atoms with E-state index < -0.39 is 5.91 Å². The smallest absolute Gasteiger partial charge is 0.267 e. The van der Waals surface area contributed by atoms with Gasteiger partial charge in [0.2, 0.25) is 0 Å². The van der Waals surface area contributed by atoms with E-state index in [0.717, 1.165) is 16.8 Å². The minimum atomic E-state index is -0.433. The van der Waals surface area contributed by atoms with Crippen molar-refractivity contribution in [3.8, 4) is 6.07 Å². The fourth-order valence-electron chi connectivity index (χ4n) is 2.46. The van der Waals surface area contributed by atoms with Crippen molar-refractivity contribution in [1.29, 1.82) is 5.26 Å². The first-order valence-corrected chi connectivity index (χ1v) is 8.16. The van der Waals surface area contributed by atoms with Crippen LogP contribution in [0.4, 0.5) is 11.4 Å². The van der Waals surface area contributed by atoms with E-state index in [9.17, 15) is 10.1 Å². The first kappa shape index (κ1) is 18.3. The Balaban J connectivity index is 2.21. The molecule has 2 aromatic carbocycles. The normalized spacial score (nSPS) is 11.6. The summed E-state index contributed by atoms with van der Waals surface area (Å²) in [6.45, 7) is 8.26. The summed E-state index contributed by atoms with van der Waals surface area (Å²) in [7, 11) is 0. The van der Waals surface area contributed by atoms with Crippen molar-refractivity contribution < 1.29 is 4.79 Å². The number of para-hydroxylation sites is 2. The molecule has 0 radical (unpaired) electrons. The van der Waals surface area contributed by atoms with E-state index in [-0.39, 0.29) is 11.0 Å². The number of hydrogen-bond acceptors (Lipinski definition) is 3. The summed E-state index contributed by atoms with van der Waals surface area (Å²) in [6.07, 6.45) is 1.46. The SMILES string of the molecule is Cc1ccccc1NC(=O)/C(C#N)=C\Nc1ccccc1C(C)(C)C. The van der Waals surface area contributed by atoms with Crippen molar-refractivity contribution >= 4 is 17.3 Å². The lowest BCUT2D eigenvalue weighted by molar-refractivity contribution is -0.112. The maximum atomic E-state index is 12.4. The Kier molecular flexibility index (Phi) is 5.61. The molecule has 0 saturated heterocycles. The minimum Gasteiger partial charge on any atom is -0.360 e. The Labute approximate surface area is 149 Å². The standard InChI is InChI=1S/C21H23N3O/c1-15-9-5-7-11-18(15)24-20(25)16(13-22)14-23-19-12-8-6-10-17(19)21(2,3)4/h5-12,14,23H,1-4H3,(H,24,25)/b16-14-. The molecular weight excluding hydrogens is 310 g/mol. The summed E-state index contributed by atoms with van der Waals surface area (Å²) in [4.78, 5) is 12.4. The summed E-state index contributed by atoms with van der Waals surface area (Å²) in [5, 5.41) is 15.2. The van der Waals surface area contributed by atoms with Crippen LogP contribution in [-0.4, -0.2) is 5.91 Å². The Hall–Kier alpha value is -3.06. The minimum absolute atomic E-state index is 0.0203. The molecule has 0 fully saturated rings. The Morgan fingerprint density at radius 3 is 2.24 bits per heavy atom. The molecule has 128 valence electrons. The van der Waals surface area contributed by atoms with Crippen LogP contribution in [0.3, 0.4) is 0 Å². The molecule has 4 heteroatoms. The van der Waals surface area contributed by atoms with Gasteiger partial charge in [-0.15, -0.1) is 0 Å². The van der Waals surface area contributed by atoms with Gasteiger partial charge in [-0.2, -0.15) is 5.26 Å². The van der Waals surface area contributed by atoms with E-state index in [2.05, 4.69) is 31.4 Å². The summed E-state index contributed by atoms with van der Waals surface area (Å²) in [5.41, 5.74) is 3.61. The third-order valence-corrected chi connectivity index (χ3v) is 3.87. The summed E-state index contributed by atoms with van der Waals surface area (Å²) in [5.74, 6) is -0.433. The number of nitriles is 1. The summed E-state index contributed by atoms with van der Waals surface area (Å²) < 4.78 is 0. The van der Waals surface area contributed by atoms with Gasteiger partial charge in [-0.05, 0) is 35.6 Å². The van der Waals surface area contributed by atoms with E-state index in [0.29, 0.717) is 5.69 Å². The van der Waals surface area contributed by atoms with Crippen molar-refractivity contribution in [3.05, 3.63) is 71.4 Å². The highest BCUT2D eigenvalue weighted by atomic mass is 16.1. The molecule has 0 unspecified atom stereocenters. The van der Waals surface area contributed by atoms with Gasteiger partial charge in [-0.25, -0.2) is 0 Å². The number of carbonyl (C=O) groups is 1. The number of benzene rings is 2. The van der Waals surface area contributed by atoms with Gasteiger partial charge in [-0.1, -0.05) is 57.2 Å². The second kappa shape index (κ2) is 7.67. The molecule has 0 saturated carbocycles. The predicted octanol–water partition coefficient (Wildman–Crippen LogP) is 4.75. The number of anilines is 2. The Morgan fingerprint density at radius 1 is 1.04 bits per heavy atom. The zero-order chi connectivity index (χ0) is 18.4. The maximum absolute atomic E-state index is 12.4. The van der Waals surface area contributed by atoms with Crippen molar-refractivity contribution in [3.63, 3.8) is 0 Å². The van der Waals surface area contributed by atoms with Crippen LogP contribution < -0.4 is 10.6 Å². The van der Waals surface area contributed by atoms with Crippen LogP contribution >= 0.6 is 0 Å². The maximum Gasteiger partial charge on any atom is 0.267 e. The molecule has 1 amide bonds. The number of hydrogen-bond donors (Lipinski definition) is 2. The second-order valence-corrected chi connectivity index (χ2v) is 6.88. The number of carbonyl (C=O) groups excluding carboxylic acids is 1. The van der Waals surface area contributed by atoms with Gasteiger partial charge in [0.25, 0.3) is 5.91 Å². The molecule has 2 rings (SSSR count). The first-order chi connectivity index (χ1) is 11.8. The number of amides is 1. The highest BCUT2D eigenvalue weighted by Gasteiger charge is 2.17. The highest BCUT2D eigenvalue weighted by Crippen LogP contribution is 2.29. The summed E-state index contributed by atoms with van der Waals surface area (Å²) >= 11 is 0. The number of aryl methyl sites for hydroxylation is 1. The van der Waals surface area contributed by atoms with Gasteiger partial charge in [0.05, 0.1) is 0 Å². The van der Waals surface area contributed by atoms with E-state index >= 15 is 0 Å². The average molecular weight is 333 g/mol. The second-order valence-electron chi connectivity index (χ2n) is 6.88. The van der Waals surface area contributed by atoms with Gasteiger partial charge in [0.1, 0.15) is 11.6 Å². The number of rotatable bonds is 4. The fourth-order valence-corrected chi connectivity index (χ4v) is 2.46. The van der Waals surface area contributed by atoms with Crippen LogP contribution in [-0.2, 0) is 10.2 Å². The largest absolute Gasteiger partial charge is 0.360 e. The van der Waals surface area contributed by atoms with Crippen molar-refractivity contribution in [2.75, 3.05) is 10.6 Å². The molecule has 2 N–H and O–H groups in total. The van der Waals surface area contributed by atoms with Crippen LogP contribution in [0.25, 0.3) is 0 Å². The lowest BCUT2D eigenvalue weighted by Crippen LogP contribution is -2.16. The highest BCUT2D eigenvalue weighted by molar-refractivity contribution is 6.07. The topological polar surface area (TPSA) is 64.9 Å². The molecule has 25 heavy (non-hydrogen) atoms. The number of nitrogens with one attached hydrogen (secondary N) is 2. The quantitative estimate of drug-likeness (QED) is 0.627. The average Bonchev–Trinajstić information content (AvgIpc) is 2.57. The van der Waals surface area contributed by atoms with Gasteiger partial charge < -0.3 is 10.6 Å². The van der Waals surface area contributed by atoms with Crippen LogP contribution in [0.2, 0.25) is 0 Å². The Morgan fingerprint density at radius 2 is 1.64 bits per heavy atom. The van der Waals surface area contributed by atoms with E-state index in [1.54, 1.807) is 0 Å². The molecule has 0 spiro atoms.